The molecule has 0 saturated heterocycles. The molecule has 1 N–H and O–H groups in total. The number of anilines is 1. The Hall–Kier alpha value is -1.40. The molecule has 0 aliphatic carbocycles. The number of halogens is 1. The van der Waals surface area contributed by atoms with Gasteiger partial charge in [-0.15, -0.1) is 0 Å². The van der Waals surface area contributed by atoms with E-state index in [-0.39, 0.29) is 5.75 Å². The highest BCUT2D eigenvalue weighted by molar-refractivity contribution is 9.10. The Morgan fingerprint density at radius 1 is 1.16 bits per heavy atom. The van der Waals surface area contributed by atoms with Crippen molar-refractivity contribution < 1.29 is 8.42 Å². The van der Waals surface area contributed by atoms with Gasteiger partial charge < -0.3 is 0 Å². The Balaban J connectivity index is 1.99. The first-order valence-corrected chi connectivity index (χ1v) is 8.16. The summed E-state index contributed by atoms with van der Waals surface area (Å²) in [6.07, 6.45) is 2.05. The summed E-state index contributed by atoms with van der Waals surface area (Å²) in [7, 11) is -3.36. The summed E-state index contributed by atoms with van der Waals surface area (Å²) in [6.45, 7) is 0. The minimum Gasteiger partial charge on any atom is -0.284 e. The van der Waals surface area contributed by atoms with Gasteiger partial charge in [0.05, 0.1) is 5.75 Å². The predicted molar refractivity (Wildman–Crippen MR) is 79.5 cm³/mol. The van der Waals surface area contributed by atoms with Gasteiger partial charge in [-0.05, 0) is 30.3 Å². The molecule has 0 aliphatic heterocycles. The van der Waals surface area contributed by atoms with Crippen LogP contribution < -0.4 is 4.72 Å². The van der Waals surface area contributed by atoms with Gasteiger partial charge in [0.2, 0.25) is 10.0 Å². The van der Waals surface area contributed by atoms with Crippen LogP contribution in [0.1, 0.15) is 5.69 Å². The van der Waals surface area contributed by atoms with Crippen molar-refractivity contribution in [3.8, 4) is 0 Å². The smallest absolute Gasteiger partial charge is 0.233 e. The lowest BCUT2D eigenvalue weighted by Crippen LogP contribution is -2.18. The van der Waals surface area contributed by atoms with Crippen LogP contribution in [0.5, 0.6) is 0 Å². The maximum absolute atomic E-state index is 11.9. The number of rotatable bonds is 5. The van der Waals surface area contributed by atoms with Gasteiger partial charge in [-0.25, -0.2) is 8.42 Å². The molecule has 0 amide bonds. The first kappa shape index (κ1) is 14.0. The van der Waals surface area contributed by atoms with Gasteiger partial charge in [-0.1, -0.05) is 28.1 Å². The Kier molecular flexibility index (Phi) is 4.55. The zero-order valence-corrected chi connectivity index (χ0v) is 12.5. The second-order valence-electron chi connectivity index (χ2n) is 4.00. The fraction of sp³-hybridized carbons (Fsp3) is 0.154. The van der Waals surface area contributed by atoms with Gasteiger partial charge in [-0.2, -0.15) is 0 Å². The van der Waals surface area contributed by atoms with Crippen LogP contribution in [0.15, 0.2) is 53.1 Å². The molecule has 4 nitrogen and oxygen atoms in total. The predicted octanol–water partition coefficient (Wildman–Crippen LogP) is 2.83. The minimum atomic E-state index is -3.36. The molecule has 0 saturated carbocycles. The summed E-state index contributed by atoms with van der Waals surface area (Å²) in [6, 6.07) is 12.5. The molecule has 0 atom stereocenters. The molecule has 19 heavy (non-hydrogen) atoms. The fourth-order valence-corrected chi connectivity index (χ4v) is 3.03. The number of nitrogens with zero attached hydrogens (tertiary/aromatic N) is 1. The van der Waals surface area contributed by atoms with E-state index in [1.54, 1.807) is 30.5 Å². The van der Waals surface area contributed by atoms with E-state index in [1.165, 1.54) is 0 Å². The Morgan fingerprint density at radius 3 is 2.68 bits per heavy atom. The zero-order valence-electron chi connectivity index (χ0n) is 10.1. The van der Waals surface area contributed by atoms with E-state index in [2.05, 4.69) is 25.6 Å². The summed E-state index contributed by atoms with van der Waals surface area (Å²) < 4.78 is 27.2. The normalized spacial score (nSPS) is 11.2. The monoisotopic (exact) mass is 340 g/mol. The van der Waals surface area contributed by atoms with Crippen molar-refractivity contribution in [2.24, 2.45) is 0 Å². The van der Waals surface area contributed by atoms with E-state index in [0.29, 0.717) is 12.1 Å². The molecule has 2 aromatic rings. The van der Waals surface area contributed by atoms with E-state index in [9.17, 15) is 8.42 Å². The van der Waals surface area contributed by atoms with Crippen molar-refractivity contribution in [1.29, 1.82) is 0 Å². The number of aromatic nitrogens is 1. The topological polar surface area (TPSA) is 59.1 Å². The summed E-state index contributed by atoms with van der Waals surface area (Å²) in [5.74, 6) is 0.0104. The maximum Gasteiger partial charge on any atom is 0.233 e. The third kappa shape index (κ3) is 4.65. The molecule has 0 bridgehead atoms. The highest BCUT2D eigenvalue weighted by atomic mass is 79.9. The molecule has 0 spiro atoms. The quantitative estimate of drug-likeness (QED) is 0.910. The van der Waals surface area contributed by atoms with Gasteiger partial charge in [0.15, 0.2) is 0 Å². The van der Waals surface area contributed by atoms with E-state index < -0.39 is 10.0 Å². The summed E-state index contributed by atoms with van der Waals surface area (Å²) in [5, 5.41) is 0. The van der Waals surface area contributed by atoms with Crippen molar-refractivity contribution >= 4 is 31.6 Å². The van der Waals surface area contributed by atoms with E-state index in [4.69, 9.17) is 0 Å². The van der Waals surface area contributed by atoms with E-state index in [0.717, 1.165) is 10.2 Å². The van der Waals surface area contributed by atoms with Crippen LogP contribution in [0.3, 0.4) is 0 Å². The molecule has 100 valence electrons. The molecule has 1 heterocycles. The lowest BCUT2D eigenvalue weighted by Gasteiger charge is -2.08. The summed E-state index contributed by atoms with van der Waals surface area (Å²) in [4.78, 5) is 4.10. The van der Waals surface area contributed by atoms with Gasteiger partial charge in [-0.3, -0.25) is 9.71 Å². The number of hydrogen-bond donors (Lipinski definition) is 1. The second-order valence-corrected chi connectivity index (χ2v) is 6.76. The third-order valence-corrected chi connectivity index (χ3v) is 4.23. The van der Waals surface area contributed by atoms with Gasteiger partial charge >= 0.3 is 0 Å². The lowest BCUT2D eigenvalue weighted by atomic mass is 10.3. The number of nitrogens with one attached hydrogen (secondary N) is 1. The summed E-state index contributed by atoms with van der Waals surface area (Å²) >= 11 is 3.30. The van der Waals surface area contributed by atoms with Crippen LogP contribution in [0.4, 0.5) is 5.69 Å². The van der Waals surface area contributed by atoms with Crippen LogP contribution in [0, 0.1) is 0 Å². The fourth-order valence-electron chi connectivity index (χ4n) is 1.57. The number of benzene rings is 1. The number of hydrogen-bond acceptors (Lipinski definition) is 3. The molecule has 0 unspecified atom stereocenters. The average molecular weight is 341 g/mol. The highest BCUT2D eigenvalue weighted by Crippen LogP contribution is 2.17. The Bertz CT molecular complexity index is 645. The molecule has 0 fully saturated rings. The van der Waals surface area contributed by atoms with Crippen LogP contribution in [0.2, 0.25) is 0 Å². The number of aryl methyl sites for hydroxylation is 1. The van der Waals surface area contributed by atoms with Crippen LogP contribution in [0.25, 0.3) is 0 Å². The first-order chi connectivity index (χ1) is 9.05. The second kappa shape index (κ2) is 6.16. The van der Waals surface area contributed by atoms with Gasteiger partial charge in [0.25, 0.3) is 0 Å². The Labute approximate surface area is 121 Å². The maximum atomic E-state index is 11.9. The average Bonchev–Trinajstić information content (AvgIpc) is 2.37. The largest absolute Gasteiger partial charge is 0.284 e. The minimum absolute atomic E-state index is 0.0104. The van der Waals surface area contributed by atoms with Crippen molar-refractivity contribution in [2.45, 2.75) is 6.42 Å². The standard InChI is InChI=1S/C13H13BrN2O2S/c14-11-4-3-6-13(10-11)16-19(17,18)9-7-12-5-1-2-8-15-12/h1-6,8,10,16H,7,9H2. The molecular weight excluding hydrogens is 328 g/mol. The van der Waals surface area contributed by atoms with Gasteiger partial charge in [0.1, 0.15) is 0 Å². The van der Waals surface area contributed by atoms with Gasteiger partial charge in [0, 0.05) is 28.5 Å². The number of pyridine rings is 1. The molecule has 0 aliphatic rings. The molecule has 0 radical (unpaired) electrons. The number of sulfonamides is 1. The molecular formula is C13H13BrN2O2S. The zero-order chi connectivity index (χ0) is 13.7. The van der Waals surface area contributed by atoms with Crippen molar-refractivity contribution in [1.82, 2.24) is 4.98 Å². The molecule has 6 heteroatoms. The van der Waals surface area contributed by atoms with Crippen molar-refractivity contribution in [3.05, 3.63) is 58.8 Å². The summed E-state index contributed by atoms with van der Waals surface area (Å²) in [5.41, 5.74) is 1.32. The SMILES string of the molecule is O=S(=O)(CCc1ccccn1)Nc1cccc(Br)c1. The van der Waals surface area contributed by atoms with Crippen LogP contribution in [-0.2, 0) is 16.4 Å². The van der Waals surface area contributed by atoms with Crippen LogP contribution >= 0.6 is 15.9 Å². The first-order valence-electron chi connectivity index (χ1n) is 5.71. The molecule has 1 aromatic carbocycles. The lowest BCUT2D eigenvalue weighted by molar-refractivity contribution is 0.600. The third-order valence-electron chi connectivity index (χ3n) is 2.45. The van der Waals surface area contributed by atoms with Crippen LogP contribution in [-0.4, -0.2) is 19.2 Å². The highest BCUT2D eigenvalue weighted by Gasteiger charge is 2.11. The van der Waals surface area contributed by atoms with E-state index in [1.807, 2.05) is 18.2 Å². The van der Waals surface area contributed by atoms with Crippen molar-refractivity contribution in [3.63, 3.8) is 0 Å². The van der Waals surface area contributed by atoms with E-state index >= 15 is 0 Å². The Morgan fingerprint density at radius 2 is 2.00 bits per heavy atom. The molecule has 1 aromatic heterocycles. The molecule has 2 rings (SSSR count). The van der Waals surface area contributed by atoms with Crippen molar-refractivity contribution in [2.75, 3.05) is 10.5 Å².